The van der Waals surface area contributed by atoms with Gasteiger partial charge in [-0.2, -0.15) is 0 Å². The zero-order chi connectivity index (χ0) is 20.2. The predicted molar refractivity (Wildman–Crippen MR) is 116 cm³/mol. The molecule has 0 bridgehead atoms. The first-order chi connectivity index (χ1) is 14.2. The molecule has 2 N–H and O–H groups in total. The van der Waals surface area contributed by atoms with E-state index in [0.29, 0.717) is 17.5 Å². The summed E-state index contributed by atoms with van der Waals surface area (Å²) < 4.78 is 5.86. The van der Waals surface area contributed by atoms with Crippen LogP contribution in [0.2, 0.25) is 0 Å². The Morgan fingerprint density at radius 1 is 1.10 bits per heavy atom. The van der Waals surface area contributed by atoms with Crippen LogP contribution in [0.3, 0.4) is 0 Å². The highest BCUT2D eigenvalue weighted by atomic mass is 16.4. The fraction of sp³-hybridized carbons (Fsp3) is 0.136. The van der Waals surface area contributed by atoms with Gasteiger partial charge in [0.1, 0.15) is 6.17 Å². The van der Waals surface area contributed by atoms with Gasteiger partial charge in [0.15, 0.2) is 6.04 Å². The molecule has 3 aromatic rings. The zero-order valence-electron chi connectivity index (χ0n) is 15.9. The normalized spacial score (nSPS) is 18.8. The minimum atomic E-state index is -0.603. The van der Waals surface area contributed by atoms with Crippen LogP contribution in [0, 0.1) is 0 Å². The largest absolute Gasteiger partial charge is 0.418 e. The predicted octanol–water partition coefficient (Wildman–Crippen LogP) is 4.00. The molecule has 0 saturated heterocycles. The van der Waals surface area contributed by atoms with Crippen LogP contribution in [0.4, 0.5) is 5.69 Å². The van der Waals surface area contributed by atoms with Gasteiger partial charge in [-0.3, -0.25) is 15.0 Å². The third-order valence-electron chi connectivity index (χ3n) is 4.55. The van der Waals surface area contributed by atoms with Gasteiger partial charge in [-0.1, -0.05) is 42.5 Å². The molecule has 0 aliphatic carbocycles. The first-order valence-electron chi connectivity index (χ1n) is 9.19. The van der Waals surface area contributed by atoms with E-state index >= 15 is 0 Å². The van der Waals surface area contributed by atoms with Gasteiger partial charge in [-0.25, -0.2) is 0 Å². The van der Waals surface area contributed by atoms with E-state index in [0.717, 1.165) is 22.4 Å². The van der Waals surface area contributed by atoms with E-state index in [-0.39, 0.29) is 0 Å². The molecule has 144 valence electrons. The summed E-state index contributed by atoms with van der Waals surface area (Å²) in [5, 5.41) is 8.31. The zero-order valence-corrected chi connectivity index (χ0v) is 15.9. The van der Waals surface area contributed by atoms with Crippen LogP contribution in [-0.2, 0) is 0 Å². The van der Waals surface area contributed by atoms with Crippen molar-refractivity contribution in [3.63, 3.8) is 0 Å². The SMILES string of the molecule is C=Nc1cccc(C2=NC(c3nnc(-c4ccccc4)o3)C(N)N=C2)c1/C=C\C. The van der Waals surface area contributed by atoms with Gasteiger partial charge in [0.05, 0.1) is 11.4 Å². The van der Waals surface area contributed by atoms with E-state index in [2.05, 4.69) is 26.9 Å². The van der Waals surface area contributed by atoms with E-state index in [1.54, 1.807) is 6.21 Å². The number of hydrogen-bond acceptors (Lipinski definition) is 7. The van der Waals surface area contributed by atoms with Gasteiger partial charge in [0.2, 0.25) is 11.8 Å². The second-order valence-corrected chi connectivity index (χ2v) is 6.44. The van der Waals surface area contributed by atoms with Crippen LogP contribution in [-0.4, -0.2) is 35.0 Å². The molecule has 4 rings (SSSR count). The lowest BCUT2D eigenvalue weighted by molar-refractivity contribution is 0.421. The van der Waals surface area contributed by atoms with Crippen molar-refractivity contribution < 1.29 is 4.42 Å². The second kappa shape index (κ2) is 8.12. The summed E-state index contributed by atoms with van der Waals surface area (Å²) in [6.07, 6.45) is 4.99. The Kier molecular flexibility index (Phi) is 5.22. The molecule has 2 atom stereocenters. The summed E-state index contributed by atoms with van der Waals surface area (Å²) >= 11 is 0. The number of benzene rings is 2. The Labute approximate surface area is 168 Å². The molecule has 0 saturated carbocycles. The summed E-state index contributed by atoms with van der Waals surface area (Å²) in [4.78, 5) is 13.3. The van der Waals surface area contributed by atoms with Crippen molar-refractivity contribution in [3.05, 3.63) is 71.6 Å². The van der Waals surface area contributed by atoms with E-state index < -0.39 is 12.2 Å². The molecule has 0 spiro atoms. The second-order valence-electron chi connectivity index (χ2n) is 6.44. The Bertz CT molecular complexity index is 1110. The fourth-order valence-corrected chi connectivity index (χ4v) is 3.15. The maximum absolute atomic E-state index is 6.18. The van der Waals surface area contributed by atoms with E-state index in [1.165, 1.54) is 0 Å². The molecule has 7 heteroatoms. The number of allylic oxidation sites excluding steroid dienone is 1. The molecular formula is C22H20N6O. The van der Waals surface area contributed by atoms with E-state index in [1.807, 2.05) is 67.6 Å². The molecule has 2 aromatic carbocycles. The van der Waals surface area contributed by atoms with Gasteiger partial charge < -0.3 is 10.2 Å². The standard InChI is InChI=1S/C22H20N6O/c1-3-8-15-16(11-7-12-17(15)24-2)18-13-25-20(23)19(26-18)22-28-27-21(29-22)14-9-5-4-6-10-14/h3-13,19-20H,2,23H2,1H3/b8-3-. The van der Waals surface area contributed by atoms with Crippen molar-refractivity contribution in [1.82, 2.24) is 10.2 Å². The summed E-state index contributed by atoms with van der Waals surface area (Å²) in [5.41, 5.74) is 10.3. The first kappa shape index (κ1) is 18.6. The lowest BCUT2D eigenvalue weighted by Crippen LogP contribution is -2.30. The summed E-state index contributed by atoms with van der Waals surface area (Å²) in [7, 11) is 0. The Balaban J connectivity index is 1.74. The van der Waals surface area contributed by atoms with Crippen LogP contribution in [0.5, 0.6) is 0 Å². The van der Waals surface area contributed by atoms with Crippen molar-refractivity contribution in [2.24, 2.45) is 20.7 Å². The number of nitrogens with two attached hydrogens (primary N) is 1. The first-order valence-corrected chi connectivity index (χ1v) is 9.19. The highest BCUT2D eigenvalue weighted by Crippen LogP contribution is 2.30. The Hall–Kier alpha value is -3.71. The van der Waals surface area contributed by atoms with Crippen molar-refractivity contribution in [1.29, 1.82) is 0 Å². The van der Waals surface area contributed by atoms with Gasteiger partial charge in [0, 0.05) is 22.9 Å². The average Bonchev–Trinajstić information content (AvgIpc) is 3.25. The molecule has 0 radical (unpaired) electrons. The highest BCUT2D eigenvalue weighted by Gasteiger charge is 2.28. The third-order valence-corrected chi connectivity index (χ3v) is 4.55. The molecule has 0 fully saturated rings. The minimum Gasteiger partial charge on any atom is -0.418 e. The number of nitrogens with zero attached hydrogens (tertiary/aromatic N) is 5. The summed E-state index contributed by atoms with van der Waals surface area (Å²) in [5.74, 6) is 0.753. The number of aliphatic imine (C=N–C) groups is 3. The quantitative estimate of drug-likeness (QED) is 0.672. The fourth-order valence-electron chi connectivity index (χ4n) is 3.15. The molecule has 1 aromatic heterocycles. The van der Waals surface area contributed by atoms with Crippen LogP contribution >= 0.6 is 0 Å². The van der Waals surface area contributed by atoms with E-state index in [9.17, 15) is 0 Å². The third kappa shape index (κ3) is 3.68. The molecule has 2 heterocycles. The van der Waals surface area contributed by atoms with Crippen LogP contribution in [0.1, 0.15) is 30.0 Å². The topological polar surface area (TPSA) is 102 Å². The highest BCUT2D eigenvalue weighted by molar-refractivity contribution is 6.39. The van der Waals surface area contributed by atoms with Crippen molar-refractivity contribution in [2.45, 2.75) is 19.1 Å². The molecule has 29 heavy (non-hydrogen) atoms. The van der Waals surface area contributed by atoms with Crippen molar-refractivity contribution in [2.75, 3.05) is 0 Å². The van der Waals surface area contributed by atoms with E-state index in [4.69, 9.17) is 15.1 Å². The minimum absolute atomic E-state index is 0.330. The summed E-state index contributed by atoms with van der Waals surface area (Å²) in [6.45, 7) is 5.60. The molecule has 2 unspecified atom stereocenters. The van der Waals surface area contributed by atoms with Gasteiger partial charge in [-0.15, -0.1) is 10.2 Å². The lowest BCUT2D eigenvalue weighted by atomic mass is 9.99. The van der Waals surface area contributed by atoms with Crippen LogP contribution in [0.15, 0.2) is 74.0 Å². The Morgan fingerprint density at radius 3 is 2.69 bits per heavy atom. The lowest BCUT2D eigenvalue weighted by Gasteiger charge is -2.20. The maximum atomic E-state index is 6.18. The molecule has 1 aliphatic heterocycles. The monoisotopic (exact) mass is 384 g/mol. The van der Waals surface area contributed by atoms with Gasteiger partial charge in [-0.05, 0) is 31.8 Å². The van der Waals surface area contributed by atoms with Crippen LogP contribution in [0.25, 0.3) is 17.5 Å². The number of rotatable bonds is 5. The molecule has 1 aliphatic rings. The van der Waals surface area contributed by atoms with Gasteiger partial charge in [0.25, 0.3) is 0 Å². The van der Waals surface area contributed by atoms with Gasteiger partial charge >= 0.3 is 0 Å². The molecule has 0 amide bonds. The maximum Gasteiger partial charge on any atom is 0.247 e. The van der Waals surface area contributed by atoms with Crippen molar-refractivity contribution in [3.8, 4) is 11.5 Å². The molecular weight excluding hydrogens is 364 g/mol. The molecule has 7 nitrogen and oxygen atoms in total. The smallest absolute Gasteiger partial charge is 0.247 e. The van der Waals surface area contributed by atoms with Crippen LogP contribution < -0.4 is 5.73 Å². The number of aromatic nitrogens is 2. The number of hydrogen-bond donors (Lipinski definition) is 1. The average molecular weight is 384 g/mol. The summed E-state index contributed by atoms with van der Waals surface area (Å²) in [6, 6.07) is 14.8. The van der Waals surface area contributed by atoms with Crippen molar-refractivity contribution >= 4 is 30.4 Å². The Morgan fingerprint density at radius 2 is 1.93 bits per heavy atom.